The van der Waals surface area contributed by atoms with Crippen molar-refractivity contribution in [3.63, 3.8) is 0 Å². The van der Waals surface area contributed by atoms with E-state index in [0.717, 1.165) is 12.8 Å². The van der Waals surface area contributed by atoms with E-state index in [1.807, 2.05) is 0 Å². The van der Waals surface area contributed by atoms with Crippen LogP contribution in [0.4, 0.5) is 5.69 Å². The van der Waals surface area contributed by atoms with E-state index in [9.17, 15) is 15.2 Å². The smallest absolute Gasteiger partial charge is 0.278 e. The van der Waals surface area contributed by atoms with Crippen LogP contribution in [0.3, 0.4) is 0 Å². The molecule has 0 aliphatic heterocycles. The lowest BCUT2D eigenvalue weighted by molar-refractivity contribution is -0.384. The fourth-order valence-corrected chi connectivity index (χ4v) is 4.24. The van der Waals surface area contributed by atoms with E-state index >= 15 is 0 Å². The molecule has 3 rings (SSSR count). The fourth-order valence-electron chi connectivity index (χ4n) is 2.90. The van der Waals surface area contributed by atoms with Gasteiger partial charge >= 0.3 is 0 Å². The maximum atomic E-state index is 11.1. The molecule has 1 aromatic carbocycles. The molecule has 2 aromatic rings. The van der Waals surface area contributed by atoms with Crippen molar-refractivity contribution in [2.75, 3.05) is 6.61 Å². The van der Waals surface area contributed by atoms with Gasteiger partial charge in [0.1, 0.15) is 5.69 Å². The predicted molar refractivity (Wildman–Crippen MR) is 88.8 cm³/mol. The minimum Gasteiger partial charge on any atom is -0.396 e. The lowest BCUT2D eigenvalue weighted by Gasteiger charge is -2.13. The summed E-state index contributed by atoms with van der Waals surface area (Å²) in [5, 5.41) is 28.7. The van der Waals surface area contributed by atoms with Crippen LogP contribution in [0.25, 0.3) is 11.3 Å². The van der Waals surface area contributed by atoms with Crippen molar-refractivity contribution in [1.82, 2.24) is 15.0 Å². The number of aliphatic hydroxyl groups excluding tert-OH is 1. The van der Waals surface area contributed by atoms with Crippen LogP contribution in [0.15, 0.2) is 30.5 Å². The van der Waals surface area contributed by atoms with Crippen LogP contribution in [0.1, 0.15) is 18.9 Å². The van der Waals surface area contributed by atoms with Gasteiger partial charge in [-0.25, -0.2) is 4.68 Å². The molecule has 116 valence electrons. The number of para-hydroxylation sites is 1. The molecule has 1 aliphatic carbocycles. The number of hydrogen-bond acceptors (Lipinski definition) is 5. The van der Waals surface area contributed by atoms with Crippen molar-refractivity contribution in [2.24, 2.45) is 5.92 Å². The Morgan fingerprint density at radius 1 is 1.41 bits per heavy atom. The molecule has 0 bridgehead atoms. The van der Waals surface area contributed by atoms with Crippen LogP contribution in [-0.4, -0.2) is 35.6 Å². The van der Waals surface area contributed by atoms with Crippen LogP contribution in [0.5, 0.6) is 0 Å². The summed E-state index contributed by atoms with van der Waals surface area (Å²) in [4.78, 5) is 10.7. The highest BCUT2D eigenvalue weighted by Crippen LogP contribution is 2.39. The Balaban J connectivity index is 1.90. The Hall–Kier alpha value is -1.55. The van der Waals surface area contributed by atoms with E-state index in [4.69, 9.17) is 0 Å². The number of benzene rings is 1. The largest absolute Gasteiger partial charge is 0.396 e. The first-order valence-corrected chi connectivity index (χ1v) is 8.25. The van der Waals surface area contributed by atoms with Crippen LogP contribution < -0.4 is 0 Å². The maximum Gasteiger partial charge on any atom is 0.278 e. The number of aromatic nitrogens is 3. The van der Waals surface area contributed by atoms with Gasteiger partial charge in [0.15, 0.2) is 0 Å². The zero-order chi connectivity index (χ0) is 15.7. The van der Waals surface area contributed by atoms with E-state index in [2.05, 4.69) is 32.9 Å². The molecule has 1 N–H and O–H groups in total. The summed E-state index contributed by atoms with van der Waals surface area (Å²) in [6, 6.07) is 6.70. The number of hydrogen-bond donors (Lipinski definition) is 1. The molecule has 8 heteroatoms. The Kier molecular flexibility index (Phi) is 4.39. The number of aliphatic hydroxyl groups is 1. The Morgan fingerprint density at radius 2 is 2.18 bits per heavy atom. The SMILES string of the molecule is O=[N+]([O-])c1ccccc1-c1cn([C@@H]2C[C@H](CO)C[C@H]2I)nn1. The molecular weight excluding hydrogens is 399 g/mol. The standard InChI is InChI=1S/C14H15IN4O3/c15-11-5-9(8-20)6-14(11)18-7-12(16-17-18)10-3-1-2-4-13(10)19(21)22/h1-4,7,9,11,14,20H,5-6,8H2/t9-,11-,14-/m1/s1. The van der Waals surface area contributed by atoms with Crippen LogP contribution >= 0.6 is 22.6 Å². The second-order valence-electron chi connectivity index (χ2n) is 5.46. The predicted octanol–water partition coefficient (Wildman–Crippen LogP) is 2.60. The van der Waals surface area contributed by atoms with Gasteiger partial charge in [-0.3, -0.25) is 10.1 Å². The molecule has 0 saturated heterocycles. The van der Waals surface area contributed by atoms with Gasteiger partial charge in [0.2, 0.25) is 0 Å². The van der Waals surface area contributed by atoms with Crippen molar-refractivity contribution in [2.45, 2.75) is 22.8 Å². The molecular formula is C14H15IN4O3. The molecule has 0 amide bonds. The molecule has 0 unspecified atom stereocenters. The number of nitro benzene ring substituents is 1. The zero-order valence-corrected chi connectivity index (χ0v) is 13.8. The minimum absolute atomic E-state index is 0.0280. The van der Waals surface area contributed by atoms with Gasteiger partial charge in [-0.05, 0) is 24.8 Å². The fraction of sp³-hybridized carbons (Fsp3) is 0.429. The van der Waals surface area contributed by atoms with E-state index in [1.165, 1.54) is 6.07 Å². The highest BCUT2D eigenvalue weighted by Gasteiger charge is 2.34. The van der Waals surface area contributed by atoms with Crippen molar-refractivity contribution in [3.05, 3.63) is 40.6 Å². The summed E-state index contributed by atoms with van der Waals surface area (Å²) < 4.78 is 2.15. The van der Waals surface area contributed by atoms with E-state index in [-0.39, 0.29) is 24.3 Å². The number of nitro groups is 1. The highest BCUT2D eigenvalue weighted by molar-refractivity contribution is 14.1. The van der Waals surface area contributed by atoms with Gasteiger partial charge in [-0.15, -0.1) is 5.10 Å². The van der Waals surface area contributed by atoms with Gasteiger partial charge in [0.05, 0.1) is 22.7 Å². The first-order valence-electron chi connectivity index (χ1n) is 7.00. The first-order chi connectivity index (χ1) is 10.6. The topological polar surface area (TPSA) is 94.1 Å². The molecule has 1 aromatic heterocycles. The van der Waals surface area contributed by atoms with Gasteiger partial charge in [0, 0.05) is 16.6 Å². The maximum absolute atomic E-state index is 11.1. The molecule has 0 radical (unpaired) electrons. The average molecular weight is 414 g/mol. The summed E-state index contributed by atoms with van der Waals surface area (Å²) >= 11 is 2.37. The Morgan fingerprint density at radius 3 is 2.86 bits per heavy atom. The van der Waals surface area contributed by atoms with E-state index in [0.29, 0.717) is 15.2 Å². The number of halogens is 1. The van der Waals surface area contributed by atoms with Crippen LogP contribution in [-0.2, 0) is 0 Å². The lowest BCUT2D eigenvalue weighted by atomic mass is 10.1. The molecule has 0 spiro atoms. The molecule has 7 nitrogen and oxygen atoms in total. The molecule has 1 fully saturated rings. The van der Waals surface area contributed by atoms with Crippen molar-refractivity contribution in [3.8, 4) is 11.3 Å². The minimum atomic E-state index is -0.410. The third-order valence-electron chi connectivity index (χ3n) is 4.04. The van der Waals surface area contributed by atoms with E-state index < -0.39 is 4.92 Å². The Labute approximate surface area is 140 Å². The lowest BCUT2D eigenvalue weighted by Crippen LogP contribution is -2.14. The number of alkyl halides is 1. The molecule has 1 aliphatic rings. The quantitative estimate of drug-likeness (QED) is 0.359. The van der Waals surface area contributed by atoms with Crippen LogP contribution in [0.2, 0.25) is 0 Å². The third kappa shape index (κ3) is 2.84. The molecule has 22 heavy (non-hydrogen) atoms. The van der Waals surface area contributed by atoms with Gasteiger partial charge < -0.3 is 5.11 Å². The molecule has 1 saturated carbocycles. The van der Waals surface area contributed by atoms with Gasteiger partial charge in [-0.2, -0.15) is 0 Å². The third-order valence-corrected chi connectivity index (χ3v) is 5.37. The van der Waals surface area contributed by atoms with Crippen molar-refractivity contribution < 1.29 is 10.0 Å². The number of rotatable bonds is 4. The van der Waals surface area contributed by atoms with Gasteiger partial charge in [0.25, 0.3) is 5.69 Å². The van der Waals surface area contributed by atoms with Crippen molar-refractivity contribution >= 4 is 28.3 Å². The summed E-state index contributed by atoms with van der Waals surface area (Å²) in [6.45, 7) is 0.182. The van der Waals surface area contributed by atoms with Gasteiger partial charge in [-0.1, -0.05) is 39.9 Å². The molecule has 1 heterocycles. The number of nitrogens with zero attached hydrogens (tertiary/aromatic N) is 4. The Bertz CT molecular complexity index is 690. The van der Waals surface area contributed by atoms with E-state index in [1.54, 1.807) is 29.1 Å². The monoisotopic (exact) mass is 414 g/mol. The normalized spacial score (nSPS) is 24.5. The summed E-state index contributed by atoms with van der Waals surface area (Å²) in [7, 11) is 0. The average Bonchev–Trinajstić information content (AvgIpc) is 3.13. The molecule has 3 atom stereocenters. The first kappa shape index (κ1) is 15.3. The summed E-state index contributed by atoms with van der Waals surface area (Å²) in [5.41, 5.74) is 1.00. The van der Waals surface area contributed by atoms with Crippen molar-refractivity contribution in [1.29, 1.82) is 0 Å². The summed E-state index contributed by atoms with van der Waals surface area (Å²) in [5.74, 6) is 0.283. The highest BCUT2D eigenvalue weighted by atomic mass is 127. The zero-order valence-electron chi connectivity index (χ0n) is 11.7. The second-order valence-corrected chi connectivity index (χ2v) is 7.06. The van der Waals surface area contributed by atoms with Crippen LogP contribution in [0, 0.1) is 16.0 Å². The summed E-state index contributed by atoms with van der Waals surface area (Å²) in [6.07, 6.45) is 3.56. The second kappa shape index (κ2) is 6.29.